The number of hydrogen-bond acceptors (Lipinski definition) is 1. The fraction of sp³-hybridized carbons (Fsp3) is 0.500. The molecule has 0 amide bonds. The molecule has 0 heterocycles. The van der Waals surface area contributed by atoms with E-state index in [1.165, 1.54) is 0 Å². The van der Waals surface area contributed by atoms with Crippen LogP contribution in [0.15, 0.2) is 18.2 Å². The third-order valence-corrected chi connectivity index (χ3v) is 4.60. The molecule has 2 bridgehead atoms. The average Bonchev–Trinajstić information content (AvgIpc) is 2.06. The van der Waals surface area contributed by atoms with Gasteiger partial charge < -0.3 is 5.11 Å². The lowest BCUT2D eigenvalue weighted by Crippen LogP contribution is -2.66. The second kappa shape index (κ2) is 2.91. The van der Waals surface area contributed by atoms with Crippen molar-refractivity contribution in [1.29, 1.82) is 0 Å². The zero-order valence-corrected chi connectivity index (χ0v) is 9.78. The molecule has 0 saturated heterocycles. The molecule has 3 aliphatic carbocycles. The van der Waals surface area contributed by atoms with Gasteiger partial charge in [0.15, 0.2) is 0 Å². The minimum atomic E-state index is 0.179. The van der Waals surface area contributed by atoms with E-state index in [1.807, 2.05) is 18.2 Å². The molecule has 1 aromatic rings. The number of hydrogen-bond donors (Lipinski definition) is 1. The Balaban J connectivity index is 1.97. The van der Waals surface area contributed by atoms with Gasteiger partial charge in [0.2, 0.25) is 0 Å². The summed E-state index contributed by atoms with van der Waals surface area (Å²) in [5.41, 5.74) is 1.48. The van der Waals surface area contributed by atoms with Crippen LogP contribution in [0, 0.1) is 5.41 Å². The Morgan fingerprint density at radius 2 is 1.67 bits per heavy atom. The van der Waals surface area contributed by atoms with Crippen molar-refractivity contribution in [2.75, 3.05) is 6.61 Å². The van der Waals surface area contributed by atoms with Crippen LogP contribution in [-0.2, 0) is 5.41 Å². The molecular formula is C12H12Cl2O. The third-order valence-electron chi connectivity index (χ3n) is 3.97. The Morgan fingerprint density at radius 1 is 1.13 bits per heavy atom. The fourth-order valence-corrected chi connectivity index (χ4v) is 4.23. The van der Waals surface area contributed by atoms with Crippen LogP contribution in [0.2, 0.25) is 10.0 Å². The number of benzene rings is 1. The van der Waals surface area contributed by atoms with Crippen LogP contribution in [0.5, 0.6) is 0 Å². The zero-order valence-electron chi connectivity index (χ0n) is 8.26. The molecule has 3 heteroatoms. The van der Waals surface area contributed by atoms with Crippen LogP contribution in [0.4, 0.5) is 0 Å². The van der Waals surface area contributed by atoms with Gasteiger partial charge in [-0.1, -0.05) is 29.3 Å². The Hall–Kier alpha value is -0.240. The molecule has 0 spiro atoms. The first-order valence-electron chi connectivity index (χ1n) is 5.16. The molecule has 0 radical (unpaired) electrons. The van der Waals surface area contributed by atoms with Gasteiger partial charge in [-0.25, -0.2) is 0 Å². The number of aliphatic hydroxyl groups excluding tert-OH is 1. The van der Waals surface area contributed by atoms with E-state index >= 15 is 0 Å². The largest absolute Gasteiger partial charge is 0.396 e. The van der Waals surface area contributed by atoms with E-state index in [1.54, 1.807) is 0 Å². The van der Waals surface area contributed by atoms with Gasteiger partial charge in [0.25, 0.3) is 0 Å². The molecule has 80 valence electrons. The molecule has 1 aromatic carbocycles. The van der Waals surface area contributed by atoms with Gasteiger partial charge in [-0.15, -0.1) is 0 Å². The van der Waals surface area contributed by atoms with Crippen molar-refractivity contribution in [3.8, 4) is 0 Å². The van der Waals surface area contributed by atoms with Gasteiger partial charge in [-0.2, -0.15) is 0 Å². The first-order valence-corrected chi connectivity index (χ1v) is 5.92. The number of rotatable bonds is 2. The molecule has 3 saturated carbocycles. The Bertz CT molecular complexity index is 388. The summed E-state index contributed by atoms with van der Waals surface area (Å²) in [4.78, 5) is 0. The van der Waals surface area contributed by atoms with E-state index in [0.29, 0.717) is 6.61 Å². The van der Waals surface area contributed by atoms with E-state index in [-0.39, 0.29) is 10.8 Å². The second-order valence-corrected chi connectivity index (χ2v) is 5.88. The zero-order chi connectivity index (χ0) is 10.7. The number of aliphatic hydroxyl groups is 1. The predicted octanol–water partition coefficient (Wildman–Crippen LogP) is 3.41. The van der Waals surface area contributed by atoms with Gasteiger partial charge in [-0.05, 0) is 42.4 Å². The first kappa shape index (κ1) is 9.95. The molecular weight excluding hydrogens is 231 g/mol. The van der Waals surface area contributed by atoms with Crippen molar-refractivity contribution < 1.29 is 5.11 Å². The third kappa shape index (κ3) is 1.15. The predicted molar refractivity (Wildman–Crippen MR) is 61.5 cm³/mol. The van der Waals surface area contributed by atoms with Crippen LogP contribution in [0.25, 0.3) is 0 Å². The molecule has 3 fully saturated rings. The summed E-state index contributed by atoms with van der Waals surface area (Å²) in [6.45, 7) is 0.302. The summed E-state index contributed by atoms with van der Waals surface area (Å²) in [7, 11) is 0. The number of halogens is 2. The van der Waals surface area contributed by atoms with E-state index in [0.717, 1.165) is 34.9 Å². The van der Waals surface area contributed by atoms with Crippen LogP contribution in [0.3, 0.4) is 0 Å². The summed E-state index contributed by atoms with van der Waals surface area (Å²) in [6, 6.07) is 5.67. The molecule has 0 aliphatic heterocycles. The molecule has 15 heavy (non-hydrogen) atoms. The molecule has 3 aliphatic rings. The van der Waals surface area contributed by atoms with Crippen LogP contribution in [0.1, 0.15) is 24.8 Å². The summed E-state index contributed by atoms with van der Waals surface area (Å²) >= 11 is 12.4. The highest BCUT2D eigenvalue weighted by molar-refractivity contribution is 6.36. The molecule has 0 atom stereocenters. The SMILES string of the molecule is OCC12CC(c3c(Cl)cccc3Cl)(C1)C2. The van der Waals surface area contributed by atoms with Gasteiger partial charge in [-0.3, -0.25) is 0 Å². The monoisotopic (exact) mass is 242 g/mol. The van der Waals surface area contributed by atoms with Crippen molar-refractivity contribution in [2.45, 2.75) is 24.7 Å². The normalized spacial score (nSPS) is 37.0. The highest BCUT2D eigenvalue weighted by atomic mass is 35.5. The highest BCUT2D eigenvalue weighted by Crippen LogP contribution is 2.74. The average molecular weight is 243 g/mol. The van der Waals surface area contributed by atoms with Gasteiger partial charge >= 0.3 is 0 Å². The fourth-order valence-electron chi connectivity index (χ4n) is 3.44. The topological polar surface area (TPSA) is 20.2 Å². The van der Waals surface area contributed by atoms with Crippen LogP contribution < -0.4 is 0 Å². The highest BCUT2D eigenvalue weighted by Gasteiger charge is 2.68. The van der Waals surface area contributed by atoms with E-state index in [2.05, 4.69) is 0 Å². The van der Waals surface area contributed by atoms with E-state index < -0.39 is 0 Å². The lowest BCUT2D eigenvalue weighted by atomic mass is 9.34. The maximum Gasteiger partial charge on any atom is 0.0488 e. The first-order chi connectivity index (χ1) is 7.11. The molecule has 4 rings (SSSR count). The van der Waals surface area contributed by atoms with Crippen molar-refractivity contribution in [2.24, 2.45) is 5.41 Å². The van der Waals surface area contributed by atoms with Gasteiger partial charge in [0.05, 0.1) is 0 Å². The van der Waals surface area contributed by atoms with E-state index in [9.17, 15) is 5.11 Å². The van der Waals surface area contributed by atoms with Crippen molar-refractivity contribution in [3.05, 3.63) is 33.8 Å². The minimum Gasteiger partial charge on any atom is -0.396 e. The van der Waals surface area contributed by atoms with Gasteiger partial charge in [0.1, 0.15) is 0 Å². The van der Waals surface area contributed by atoms with Crippen LogP contribution >= 0.6 is 23.2 Å². The second-order valence-electron chi connectivity index (χ2n) is 5.07. The lowest BCUT2D eigenvalue weighted by Gasteiger charge is -2.70. The molecule has 1 N–H and O–H groups in total. The Morgan fingerprint density at radius 3 is 2.13 bits per heavy atom. The molecule has 0 aromatic heterocycles. The van der Waals surface area contributed by atoms with E-state index in [4.69, 9.17) is 23.2 Å². The molecule has 1 nitrogen and oxygen atoms in total. The smallest absolute Gasteiger partial charge is 0.0488 e. The van der Waals surface area contributed by atoms with Crippen molar-refractivity contribution in [1.82, 2.24) is 0 Å². The minimum absolute atomic E-state index is 0.179. The standard InChI is InChI=1S/C12H12Cl2O/c13-8-2-1-3-9(14)10(8)12-4-11(5-12,6-12)7-15/h1-3,15H,4-7H2. The summed E-state index contributed by atoms with van der Waals surface area (Å²) in [5, 5.41) is 10.8. The van der Waals surface area contributed by atoms with Crippen LogP contribution in [-0.4, -0.2) is 11.7 Å². The molecule has 0 unspecified atom stereocenters. The lowest BCUT2D eigenvalue weighted by molar-refractivity contribution is -0.167. The summed E-state index contributed by atoms with van der Waals surface area (Å²) in [5.74, 6) is 0. The maximum absolute atomic E-state index is 9.22. The van der Waals surface area contributed by atoms with Crippen molar-refractivity contribution in [3.63, 3.8) is 0 Å². The Kier molecular flexibility index (Phi) is 1.93. The summed E-state index contributed by atoms with van der Waals surface area (Å²) < 4.78 is 0. The summed E-state index contributed by atoms with van der Waals surface area (Å²) in [6.07, 6.45) is 3.12. The Labute approximate surface area is 99.0 Å². The quantitative estimate of drug-likeness (QED) is 0.843. The maximum atomic E-state index is 9.22. The van der Waals surface area contributed by atoms with Gasteiger partial charge in [0, 0.05) is 22.1 Å². The van der Waals surface area contributed by atoms with Crippen molar-refractivity contribution >= 4 is 23.2 Å².